The third kappa shape index (κ3) is 3.53. The summed E-state index contributed by atoms with van der Waals surface area (Å²) < 4.78 is 4.79. The standard InChI is InChI=1S/C41H35N3/c1-40(2,3)30-15-28(16-31(23-30)41(4,5)6)29-18-33-32-17-24-11-7-9-13-26(24)20-35(32)44-38(33)37(22-29)43-36-21-27-14-10-8-12-25(27)19-34(36)42-39(43)44/h7-23H,1-6H3. The molecule has 3 nitrogen and oxygen atoms in total. The van der Waals surface area contributed by atoms with Gasteiger partial charge in [0.25, 0.3) is 0 Å². The molecule has 0 aliphatic rings. The van der Waals surface area contributed by atoms with Crippen LogP contribution in [-0.4, -0.2) is 13.8 Å². The highest BCUT2D eigenvalue weighted by Gasteiger charge is 2.25. The second-order valence-electron chi connectivity index (χ2n) is 14.7. The Bertz CT molecular complexity index is 2580. The van der Waals surface area contributed by atoms with Crippen molar-refractivity contribution in [3.05, 3.63) is 114 Å². The lowest BCUT2D eigenvalue weighted by atomic mass is 9.79. The number of imidazole rings is 2. The number of fused-ring (bicyclic) bond motifs is 10. The van der Waals surface area contributed by atoms with Gasteiger partial charge < -0.3 is 0 Å². The summed E-state index contributed by atoms with van der Waals surface area (Å²) in [5.41, 5.74) is 11.1. The van der Waals surface area contributed by atoms with Gasteiger partial charge in [-0.15, -0.1) is 0 Å². The van der Waals surface area contributed by atoms with Gasteiger partial charge in [-0.1, -0.05) is 108 Å². The molecule has 9 aromatic rings. The van der Waals surface area contributed by atoms with E-state index in [9.17, 15) is 0 Å². The lowest BCUT2D eigenvalue weighted by Crippen LogP contribution is -2.16. The van der Waals surface area contributed by atoms with Gasteiger partial charge in [0.15, 0.2) is 0 Å². The SMILES string of the molecule is CC(C)(C)c1cc(-c2cc3c4cc5ccccc5cc4n4c3c(c2)n2c3cc5ccccc5cc3nc24)cc(C(C)(C)C)c1. The van der Waals surface area contributed by atoms with Gasteiger partial charge >= 0.3 is 0 Å². The van der Waals surface area contributed by atoms with Crippen LogP contribution < -0.4 is 0 Å². The molecule has 0 amide bonds. The number of benzene rings is 6. The molecule has 3 heteroatoms. The van der Waals surface area contributed by atoms with Crippen LogP contribution in [0.3, 0.4) is 0 Å². The number of hydrogen-bond donors (Lipinski definition) is 0. The number of rotatable bonds is 1. The van der Waals surface area contributed by atoms with Gasteiger partial charge in [0.05, 0.1) is 27.6 Å². The van der Waals surface area contributed by atoms with E-state index < -0.39 is 0 Å². The number of nitrogens with zero attached hydrogens (tertiary/aromatic N) is 3. The van der Waals surface area contributed by atoms with E-state index >= 15 is 0 Å². The van der Waals surface area contributed by atoms with E-state index in [4.69, 9.17) is 4.98 Å². The molecule has 0 unspecified atom stereocenters. The summed E-state index contributed by atoms with van der Waals surface area (Å²) in [6.45, 7) is 13.9. The average molecular weight is 570 g/mol. The van der Waals surface area contributed by atoms with Crippen molar-refractivity contribution < 1.29 is 0 Å². The molecule has 0 aliphatic carbocycles. The fourth-order valence-corrected chi connectivity index (χ4v) is 7.15. The van der Waals surface area contributed by atoms with Crippen molar-refractivity contribution in [2.24, 2.45) is 0 Å². The molecule has 0 radical (unpaired) electrons. The van der Waals surface area contributed by atoms with Gasteiger partial charge in [0, 0.05) is 10.8 Å². The molecule has 3 aromatic heterocycles. The zero-order valence-corrected chi connectivity index (χ0v) is 26.2. The van der Waals surface area contributed by atoms with E-state index in [0.29, 0.717) is 0 Å². The molecular weight excluding hydrogens is 534 g/mol. The van der Waals surface area contributed by atoms with Gasteiger partial charge in [0.2, 0.25) is 5.78 Å². The van der Waals surface area contributed by atoms with Gasteiger partial charge in [-0.2, -0.15) is 0 Å². The molecule has 0 spiro atoms. The highest BCUT2D eigenvalue weighted by molar-refractivity contribution is 6.20. The maximum Gasteiger partial charge on any atom is 0.220 e. The van der Waals surface area contributed by atoms with E-state index in [1.54, 1.807) is 0 Å². The Hall–Kier alpha value is -4.89. The van der Waals surface area contributed by atoms with Gasteiger partial charge in [-0.3, -0.25) is 8.80 Å². The van der Waals surface area contributed by atoms with Crippen molar-refractivity contribution in [3.8, 4) is 11.1 Å². The second-order valence-corrected chi connectivity index (χ2v) is 14.7. The average Bonchev–Trinajstić information content (AvgIpc) is 3.62. The minimum Gasteiger partial charge on any atom is -0.277 e. The minimum absolute atomic E-state index is 0.0423. The van der Waals surface area contributed by atoms with Crippen LogP contribution in [0.25, 0.3) is 76.8 Å². The van der Waals surface area contributed by atoms with Crippen LogP contribution in [0.1, 0.15) is 52.7 Å². The highest BCUT2D eigenvalue weighted by Crippen LogP contribution is 2.42. The first-order valence-corrected chi connectivity index (χ1v) is 15.6. The Morgan fingerprint density at radius 2 is 1.02 bits per heavy atom. The van der Waals surface area contributed by atoms with Gasteiger partial charge in [-0.05, 0) is 91.0 Å². The lowest BCUT2D eigenvalue weighted by molar-refractivity contribution is 0.569. The molecule has 0 bridgehead atoms. The summed E-state index contributed by atoms with van der Waals surface area (Å²) in [5.74, 6) is 0.969. The quantitative estimate of drug-likeness (QED) is 0.193. The molecular formula is C41H35N3. The third-order valence-corrected chi connectivity index (χ3v) is 9.65. The predicted octanol–water partition coefficient (Wildman–Crippen LogP) is 11.1. The minimum atomic E-state index is 0.0423. The molecule has 44 heavy (non-hydrogen) atoms. The smallest absolute Gasteiger partial charge is 0.220 e. The van der Waals surface area contributed by atoms with E-state index in [1.807, 2.05) is 0 Å². The number of hydrogen-bond acceptors (Lipinski definition) is 1. The van der Waals surface area contributed by atoms with Crippen LogP contribution in [0.4, 0.5) is 0 Å². The van der Waals surface area contributed by atoms with Gasteiger partial charge in [-0.25, -0.2) is 4.98 Å². The van der Waals surface area contributed by atoms with Crippen molar-refractivity contribution in [3.63, 3.8) is 0 Å². The zero-order chi connectivity index (χ0) is 30.1. The van der Waals surface area contributed by atoms with E-state index in [2.05, 4.69) is 153 Å². The number of aromatic nitrogens is 3. The maximum absolute atomic E-state index is 5.31. The molecule has 0 fully saturated rings. The van der Waals surface area contributed by atoms with Crippen LogP contribution >= 0.6 is 0 Å². The molecule has 0 atom stereocenters. The van der Waals surface area contributed by atoms with E-state index in [0.717, 1.165) is 16.8 Å². The van der Waals surface area contributed by atoms with Crippen LogP contribution in [0.5, 0.6) is 0 Å². The summed E-state index contributed by atoms with van der Waals surface area (Å²) >= 11 is 0. The lowest BCUT2D eigenvalue weighted by Gasteiger charge is -2.26. The Morgan fingerprint density at radius 3 is 1.64 bits per heavy atom. The molecule has 0 saturated carbocycles. The first kappa shape index (κ1) is 25.6. The molecule has 0 aliphatic heterocycles. The van der Waals surface area contributed by atoms with Crippen molar-refractivity contribution in [2.75, 3.05) is 0 Å². The second kappa shape index (κ2) is 8.39. The van der Waals surface area contributed by atoms with Crippen LogP contribution in [-0.2, 0) is 10.8 Å². The van der Waals surface area contributed by atoms with Crippen molar-refractivity contribution in [1.29, 1.82) is 0 Å². The van der Waals surface area contributed by atoms with E-state index in [-0.39, 0.29) is 10.8 Å². The molecule has 214 valence electrons. The molecule has 9 rings (SSSR count). The summed E-state index contributed by atoms with van der Waals surface area (Å²) in [5, 5.41) is 7.50. The Morgan fingerprint density at radius 1 is 0.477 bits per heavy atom. The summed E-state index contributed by atoms with van der Waals surface area (Å²) in [4.78, 5) is 5.31. The maximum atomic E-state index is 5.31. The summed E-state index contributed by atoms with van der Waals surface area (Å²) in [7, 11) is 0. The Kier molecular flexibility index (Phi) is 4.88. The summed E-state index contributed by atoms with van der Waals surface area (Å²) in [6.07, 6.45) is 0. The predicted molar refractivity (Wildman–Crippen MR) is 188 cm³/mol. The van der Waals surface area contributed by atoms with Crippen LogP contribution in [0, 0.1) is 0 Å². The van der Waals surface area contributed by atoms with Crippen molar-refractivity contribution in [1.82, 2.24) is 13.8 Å². The molecule has 0 saturated heterocycles. The normalized spacial score (nSPS) is 13.2. The fourth-order valence-electron chi connectivity index (χ4n) is 7.15. The molecule has 6 aromatic carbocycles. The Balaban J connectivity index is 1.47. The van der Waals surface area contributed by atoms with Crippen LogP contribution in [0.2, 0.25) is 0 Å². The summed E-state index contributed by atoms with van der Waals surface area (Å²) in [6, 6.07) is 38.6. The van der Waals surface area contributed by atoms with Gasteiger partial charge in [0.1, 0.15) is 0 Å². The Labute approximate surface area is 256 Å². The van der Waals surface area contributed by atoms with Crippen LogP contribution in [0.15, 0.2) is 103 Å². The third-order valence-electron chi connectivity index (χ3n) is 9.65. The largest absolute Gasteiger partial charge is 0.277 e. The topological polar surface area (TPSA) is 21.7 Å². The fraction of sp³-hybridized carbons (Fsp3) is 0.195. The highest BCUT2D eigenvalue weighted by atomic mass is 15.2. The molecule has 3 heterocycles. The van der Waals surface area contributed by atoms with Crippen molar-refractivity contribution in [2.45, 2.75) is 52.4 Å². The van der Waals surface area contributed by atoms with Crippen molar-refractivity contribution >= 4 is 65.7 Å². The first-order chi connectivity index (χ1) is 21.0. The van der Waals surface area contributed by atoms with E-state index in [1.165, 1.54) is 71.1 Å². The molecule has 0 N–H and O–H groups in total. The first-order valence-electron chi connectivity index (χ1n) is 15.6. The monoisotopic (exact) mass is 569 g/mol. The zero-order valence-electron chi connectivity index (χ0n) is 26.2.